The van der Waals surface area contributed by atoms with Crippen LogP contribution in [0.15, 0.2) is 41.1 Å². The number of para-hydroxylation sites is 1. The normalized spacial score (nSPS) is 22.8. The molecule has 2 atom stereocenters. The van der Waals surface area contributed by atoms with Gasteiger partial charge in [0.2, 0.25) is 12.2 Å². The Hall–Kier alpha value is -3.45. The van der Waals surface area contributed by atoms with Gasteiger partial charge in [0.25, 0.3) is 5.91 Å². The van der Waals surface area contributed by atoms with Gasteiger partial charge in [-0.2, -0.15) is 0 Å². The third-order valence-corrected chi connectivity index (χ3v) is 10.0. The predicted octanol–water partition coefficient (Wildman–Crippen LogP) is 4.93. The summed E-state index contributed by atoms with van der Waals surface area (Å²) in [5, 5.41) is 12.6. The summed E-state index contributed by atoms with van der Waals surface area (Å²) in [6.45, 7) is 5.53. The first-order valence-electron chi connectivity index (χ1n) is 15.2. The molecular weight excluding hydrogens is 586 g/mol. The van der Waals surface area contributed by atoms with Crippen LogP contribution in [0.3, 0.4) is 0 Å². The summed E-state index contributed by atoms with van der Waals surface area (Å²) < 4.78 is 28.8. The first kappa shape index (κ1) is 30.6. The van der Waals surface area contributed by atoms with Crippen LogP contribution in [0.2, 0.25) is 0 Å². The quantitative estimate of drug-likeness (QED) is 0.294. The Balaban J connectivity index is 1.35. The molecule has 11 nitrogen and oxygen atoms in total. The Labute approximate surface area is 260 Å². The predicted molar refractivity (Wildman–Crippen MR) is 162 cm³/mol. The van der Waals surface area contributed by atoms with Crippen LogP contribution in [-0.4, -0.2) is 78.8 Å². The largest absolute Gasteiger partial charge is 0.496 e. The second-order valence-corrected chi connectivity index (χ2v) is 12.5. The van der Waals surface area contributed by atoms with Crippen molar-refractivity contribution in [1.82, 2.24) is 9.88 Å². The van der Waals surface area contributed by atoms with E-state index in [9.17, 15) is 14.7 Å². The molecule has 1 unspecified atom stereocenters. The number of aliphatic hydroxyl groups excluding tert-OH is 1. The zero-order chi connectivity index (χ0) is 30.8. The maximum Gasteiger partial charge on any atom is 0.306 e. The van der Waals surface area contributed by atoms with E-state index in [-0.39, 0.29) is 36.5 Å². The van der Waals surface area contributed by atoms with E-state index in [0.29, 0.717) is 61.3 Å². The van der Waals surface area contributed by atoms with Crippen LogP contribution in [0.4, 0.5) is 5.00 Å². The molecule has 12 heteroatoms. The molecule has 2 fully saturated rings. The number of aliphatic hydroxyl groups is 1. The lowest BCUT2D eigenvalue weighted by Crippen LogP contribution is -2.62. The number of thiophene rings is 1. The average Bonchev–Trinajstić information content (AvgIpc) is 3.66. The van der Waals surface area contributed by atoms with Crippen LogP contribution in [0.5, 0.6) is 5.75 Å². The van der Waals surface area contributed by atoms with E-state index < -0.39 is 12.5 Å². The van der Waals surface area contributed by atoms with Gasteiger partial charge in [0.05, 0.1) is 43.0 Å². The number of methoxy groups -OCH3 is 1. The van der Waals surface area contributed by atoms with Crippen LogP contribution in [0.1, 0.15) is 66.6 Å². The highest BCUT2D eigenvalue weighted by Crippen LogP contribution is 2.48. The van der Waals surface area contributed by atoms with Crippen LogP contribution in [-0.2, 0) is 19.0 Å². The molecule has 1 N–H and O–H groups in total. The fourth-order valence-corrected chi connectivity index (χ4v) is 7.70. The van der Waals surface area contributed by atoms with Crippen molar-refractivity contribution >= 4 is 28.2 Å². The lowest BCUT2D eigenvalue weighted by molar-refractivity contribution is -0.145. The smallest absolute Gasteiger partial charge is 0.306 e. The fraction of sp³-hybridized carbons (Fsp3) is 0.531. The molecule has 44 heavy (non-hydrogen) atoms. The lowest BCUT2D eigenvalue weighted by Gasteiger charge is -2.50. The van der Waals surface area contributed by atoms with Gasteiger partial charge in [0, 0.05) is 31.2 Å². The Morgan fingerprint density at radius 1 is 1.23 bits per heavy atom. The van der Waals surface area contributed by atoms with Crippen molar-refractivity contribution in [3.8, 4) is 16.5 Å². The molecule has 0 bridgehead atoms. The van der Waals surface area contributed by atoms with Crippen molar-refractivity contribution in [2.75, 3.05) is 38.4 Å². The van der Waals surface area contributed by atoms with E-state index >= 15 is 0 Å². The molecule has 236 valence electrons. The monoisotopic (exact) mass is 625 g/mol. The van der Waals surface area contributed by atoms with Gasteiger partial charge < -0.3 is 33.4 Å². The topological polar surface area (TPSA) is 124 Å². The second-order valence-electron chi connectivity index (χ2n) is 11.5. The molecule has 1 amide bonds. The maximum absolute atomic E-state index is 14.2. The number of rotatable bonds is 11. The fourth-order valence-electron chi connectivity index (χ4n) is 6.43. The summed E-state index contributed by atoms with van der Waals surface area (Å²) in [6.07, 6.45) is 4.38. The summed E-state index contributed by atoms with van der Waals surface area (Å²) in [5.74, 6) is 0.730. The molecule has 1 saturated carbocycles. The highest BCUT2D eigenvalue weighted by Gasteiger charge is 2.48. The van der Waals surface area contributed by atoms with Crippen LogP contribution >= 0.6 is 11.3 Å². The number of ether oxygens (including phenoxy) is 4. The average molecular weight is 626 g/mol. The summed E-state index contributed by atoms with van der Waals surface area (Å²) in [7, 11) is 1.63. The number of oxazole rings is 1. The number of hydrogen-bond acceptors (Lipinski definition) is 11. The maximum atomic E-state index is 14.2. The van der Waals surface area contributed by atoms with Crippen LogP contribution in [0.25, 0.3) is 10.8 Å². The SMILES string of the molecule is CCOC(=O)C[C@H]1C[C@@H](N2C(=O)c3c(sc(-c4ncco4)c3C)N(C[C@H](OC3CCOCC3)c3ccccc3OC)C2O)C1. The standard InChI is InChI=1S/C32H39N3O8S/c1-4-41-26(36)17-20-15-21(16-20)35-30(37)27-19(2)28(29-33-11-14-42-29)44-31(27)34(32(35)38)18-25(43-22-9-12-40-13-10-22)23-7-5-6-8-24(23)39-3/h5-8,11,14,20-22,25,32,38H,4,9-10,12-13,15-18H2,1-3H3/t20-,21+,25-,32?/m0/s1. The number of benzene rings is 1. The Kier molecular flexibility index (Phi) is 9.22. The number of anilines is 1. The van der Waals surface area contributed by atoms with Crippen molar-refractivity contribution < 1.29 is 38.1 Å². The number of amides is 1. The van der Waals surface area contributed by atoms with Gasteiger partial charge >= 0.3 is 5.97 Å². The van der Waals surface area contributed by atoms with E-state index in [4.69, 9.17) is 23.4 Å². The first-order valence-corrected chi connectivity index (χ1v) is 16.0. The minimum Gasteiger partial charge on any atom is -0.496 e. The van der Waals surface area contributed by atoms with E-state index in [2.05, 4.69) is 4.98 Å². The van der Waals surface area contributed by atoms with Crippen molar-refractivity contribution in [1.29, 1.82) is 0 Å². The van der Waals surface area contributed by atoms with Crippen molar-refractivity contribution in [3.63, 3.8) is 0 Å². The van der Waals surface area contributed by atoms with Gasteiger partial charge in [-0.15, -0.1) is 11.3 Å². The molecule has 2 aliphatic heterocycles. The van der Waals surface area contributed by atoms with E-state index in [1.54, 1.807) is 25.1 Å². The summed E-state index contributed by atoms with van der Waals surface area (Å²) in [6, 6.07) is 7.51. The molecule has 3 aliphatic rings. The third-order valence-electron chi connectivity index (χ3n) is 8.73. The zero-order valence-electron chi connectivity index (χ0n) is 25.3. The molecule has 1 aliphatic carbocycles. The van der Waals surface area contributed by atoms with Gasteiger partial charge in [-0.25, -0.2) is 4.98 Å². The first-order chi connectivity index (χ1) is 21.4. The number of carbonyl (C=O) groups excluding carboxylic acids is 2. The van der Waals surface area contributed by atoms with E-state index in [1.165, 1.54) is 17.6 Å². The minimum absolute atomic E-state index is 0.0268. The van der Waals surface area contributed by atoms with Gasteiger partial charge in [-0.3, -0.25) is 14.5 Å². The third kappa shape index (κ3) is 5.95. The van der Waals surface area contributed by atoms with Crippen LogP contribution in [0, 0.1) is 12.8 Å². The Morgan fingerprint density at radius 3 is 2.70 bits per heavy atom. The molecule has 4 heterocycles. The summed E-state index contributed by atoms with van der Waals surface area (Å²) in [5.41, 5.74) is 2.13. The van der Waals surface area contributed by atoms with Crippen LogP contribution < -0.4 is 9.64 Å². The number of hydrogen-bond donors (Lipinski definition) is 1. The number of aromatic nitrogens is 1. The number of nitrogens with zero attached hydrogens (tertiary/aromatic N) is 3. The van der Waals surface area contributed by atoms with Gasteiger partial charge in [-0.1, -0.05) is 18.2 Å². The molecule has 0 radical (unpaired) electrons. The van der Waals surface area contributed by atoms with Crippen molar-refractivity contribution in [3.05, 3.63) is 53.4 Å². The summed E-state index contributed by atoms with van der Waals surface area (Å²) >= 11 is 1.38. The van der Waals surface area contributed by atoms with E-state index in [1.807, 2.05) is 36.1 Å². The highest BCUT2D eigenvalue weighted by molar-refractivity contribution is 7.20. The number of fused-ring (bicyclic) bond motifs is 1. The lowest BCUT2D eigenvalue weighted by atomic mass is 9.77. The second kappa shape index (κ2) is 13.3. The Bertz CT molecular complexity index is 1450. The van der Waals surface area contributed by atoms with Crippen molar-refractivity contribution in [2.24, 2.45) is 5.92 Å². The molecular formula is C32H39N3O8S. The molecule has 0 spiro atoms. The van der Waals surface area contributed by atoms with Gasteiger partial charge in [0.15, 0.2) is 0 Å². The zero-order valence-corrected chi connectivity index (χ0v) is 26.1. The number of esters is 1. The molecule has 1 saturated heterocycles. The van der Waals surface area contributed by atoms with Gasteiger partial charge in [0.1, 0.15) is 23.1 Å². The minimum atomic E-state index is -1.24. The Morgan fingerprint density at radius 2 is 2.00 bits per heavy atom. The number of carbonyl (C=O) groups is 2. The molecule has 6 rings (SSSR count). The molecule has 3 aromatic rings. The summed E-state index contributed by atoms with van der Waals surface area (Å²) in [4.78, 5) is 34.8. The highest BCUT2D eigenvalue weighted by atomic mass is 32.1. The molecule has 2 aromatic heterocycles. The van der Waals surface area contributed by atoms with Gasteiger partial charge in [-0.05, 0) is 57.1 Å². The van der Waals surface area contributed by atoms with E-state index in [0.717, 1.165) is 28.8 Å². The molecule has 1 aromatic carbocycles. The van der Waals surface area contributed by atoms with Crippen molar-refractivity contribution in [2.45, 2.75) is 70.6 Å².